The fraction of sp³-hybridized carbons (Fsp3) is 0.214. The van der Waals surface area contributed by atoms with Gasteiger partial charge in [-0.2, -0.15) is 0 Å². The molecule has 3 aliphatic rings. The van der Waals surface area contributed by atoms with Gasteiger partial charge in [-0.3, -0.25) is 0 Å². The molecule has 16 heteroatoms. The van der Waals surface area contributed by atoms with Crippen molar-refractivity contribution in [1.29, 1.82) is 0 Å². The number of hydrogen-bond donors (Lipinski definition) is 0. The topological polar surface area (TPSA) is 133 Å². The summed E-state index contributed by atoms with van der Waals surface area (Å²) in [5.74, 6) is 3.75. The molecule has 0 radical (unpaired) electrons. The summed E-state index contributed by atoms with van der Waals surface area (Å²) in [7, 11) is -1.43. The van der Waals surface area contributed by atoms with Gasteiger partial charge in [0.05, 0.1) is 33.6 Å². The summed E-state index contributed by atoms with van der Waals surface area (Å²) in [4.78, 5) is 29.6. The van der Waals surface area contributed by atoms with E-state index in [1.807, 2.05) is 122 Å². The van der Waals surface area contributed by atoms with Crippen molar-refractivity contribution in [2.75, 3.05) is 0 Å². The lowest BCUT2D eigenvalue weighted by molar-refractivity contribution is 0.00578. The first kappa shape index (κ1) is 69.1. The molecular formula is C84H80B3BrN6O6. The highest BCUT2D eigenvalue weighted by molar-refractivity contribution is 9.10. The molecule has 2 aromatic heterocycles. The lowest BCUT2D eigenvalue weighted by Crippen LogP contribution is -2.41. The van der Waals surface area contributed by atoms with Gasteiger partial charge in [-0.05, 0) is 145 Å². The van der Waals surface area contributed by atoms with Crippen LogP contribution in [-0.2, 0) is 27.9 Å². The van der Waals surface area contributed by atoms with Gasteiger partial charge in [0.15, 0.2) is 34.9 Å². The third kappa shape index (κ3) is 15.2. The smallest absolute Gasteiger partial charge is 0.405 e. The Hall–Kier alpha value is -9.35. The van der Waals surface area contributed by atoms with Gasteiger partial charge >= 0.3 is 21.1 Å². The van der Waals surface area contributed by atoms with Crippen LogP contribution >= 0.6 is 15.9 Å². The molecule has 15 rings (SSSR count). The monoisotopic (exact) mass is 1380 g/mol. The van der Waals surface area contributed by atoms with Crippen LogP contribution in [-0.4, -0.2) is 84.6 Å². The number of benzene rings is 10. The summed E-state index contributed by atoms with van der Waals surface area (Å²) in [6.07, 6.45) is 0. The molecule has 0 unspecified atom stereocenters. The highest BCUT2D eigenvalue weighted by Gasteiger charge is 2.64. The van der Waals surface area contributed by atoms with E-state index in [2.05, 4.69) is 244 Å². The summed E-state index contributed by atoms with van der Waals surface area (Å²) < 4.78 is 37.5. The van der Waals surface area contributed by atoms with E-state index in [0.717, 1.165) is 65.6 Å². The van der Waals surface area contributed by atoms with Gasteiger partial charge in [-0.25, -0.2) is 29.9 Å². The van der Waals surface area contributed by atoms with Crippen molar-refractivity contribution < 1.29 is 27.9 Å². The summed E-state index contributed by atoms with van der Waals surface area (Å²) in [5.41, 5.74) is 13.4. The predicted molar refractivity (Wildman–Crippen MR) is 410 cm³/mol. The Balaban J connectivity index is 0.000000146. The van der Waals surface area contributed by atoms with Crippen LogP contribution in [0.15, 0.2) is 271 Å². The Morgan fingerprint density at radius 1 is 0.220 bits per heavy atom. The van der Waals surface area contributed by atoms with Crippen molar-refractivity contribution in [3.63, 3.8) is 0 Å². The van der Waals surface area contributed by atoms with Crippen LogP contribution in [0.5, 0.6) is 0 Å². The zero-order valence-corrected chi connectivity index (χ0v) is 60.2. The summed E-state index contributed by atoms with van der Waals surface area (Å²) in [6, 6.07) is 91.0. The van der Waals surface area contributed by atoms with Crippen molar-refractivity contribution in [3.8, 4) is 113 Å². The van der Waals surface area contributed by atoms with E-state index >= 15 is 0 Å². The largest absolute Gasteiger partial charge is 0.494 e. The quantitative estimate of drug-likeness (QED) is 0.108. The number of halogens is 1. The number of nitrogens with zero attached hydrogens (tertiary/aromatic N) is 6. The molecule has 10 aromatic carbocycles. The van der Waals surface area contributed by atoms with E-state index in [1.54, 1.807) is 0 Å². The SMILES string of the molecule is Brc1cccc(-c2nc(-c3ccc(-c4ccccc4)cc3)nc(-c3ccc(-c4ccccc4)cc3)n2)c1.CC1(C)OB(B2OC(C)(C)C(C)(C)O2)OC1(C)C.CC1(C)OB(c2cccc(-c3nc(-c4ccc(-c5ccccc5)cc4)nc(-c4ccc(-c5ccccc5)cc4)n3)c2)OC1(C)C. The maximum Gasteiger partial charge on any atom is 0.494 e. The molecule has 12 nitrogen and oxygen atoms in total. The first-order chi connectivity index (χ1) is 47.9. The second-order valence-electron chi connectivity index (χ2n) is 28.4. The van der Waals surface area contributed by atoms with Crippen molar-refractivity contribution in [2.24, 2.45) is 0 Å². The summed E-state index contributed by atoms with van der Waals surface area (Å²) in [6.45, 7) is 24.5. The summed E-state index contributed by atoms with van der Waals surface area (Å²) >= 11 is 3.58. The van der Waals surface area contributed by atoms with Crippen LogP contribution in [0.1, 0.15) is 83.1 Å². The Bertz CT molecular complexity index is 4520. The normalized spacial score (nSPS) is 16.6. The standard InChI is InChI=1S/C39H34BN3O2.C33H22BrN3.C12H24B2O4/c1-38(2)39(3,4)45-40(44-38)34-17-11-16-33(26-34)37-42-35(31-22-18-29(19-23-31)27-12-7-5-8-13-27)41-36(43-37)32-24-20-30(21-25-32)28-14-9-6-10-15-28;34-30-13-7-12-29(22-30)33-36-31(27-18-14-25(15-19-27)23-8-3-1-4-9-23)35-32(37-33)28-20-16-26(17-21-28)24-10-5-2-6-11-24;1-9(2)10(3,4)16-13(15-9)14-17-11(5,6)12(7,8)18-14/h5-26H,1-4H3;1-22H;1-8H3. The van der Waals surface area contributed by atoms with Gasteiger partial charge < -0.3 is 27.9 Å². The Kier molecular flexibility index (Phi) is 19.6. The maximum atomic E-state index is 6.35. The molecule has 12 aromatic rings. The van der Waals surface area contributed by atoms with E-state index in [-0.39, 0.29) is 22.4 Å². The molecule has 0 saturated carbocycles. The number of hydrogen-bond acceptors (Lipinski definition) is 12. The lowest BCUT2D eigenvalue weighted by Gasteiger charge is -2.32. The van der Waals surface area contributed by atoms with Gasteiger partial charge in [-0.1, -0.05) is 271 Å². The minimum absolute atomic E-state index is 0.360. The minimum Gasteiger partial charge on any atom is -0.405 e. The minimum atomic E-state index is -0.480. The van der Waals surface area contributed by atoms with Crippen LogP contribution in [0, 0.1) is 0 Å². The van der Waals surface area contributed by atoms with Crippen LogP contribution in [0.3, 0.4) is 0 Å². The Morgan fingerprint density at radius 2 is 0.430 bits per heavy atom. The zero-order chi connectivity index (χ0) is 70.0. The lowest BCUT2D eigenvalue weighted by atomic mass is 9.49. The molecule has 100 heavy (non-hydrogen) atoms. The van der Waals surface area contributed by atoms with Crippen LogP contribution in [0.2, 0.25) is 0 Å². The van der Waals surface area contributed by atoms with E-state index in [4.69, 9.17) is 57.8 Å². The first-order valence-corrected chi connectivity index (χ1v) is 34.7. The van der Waals surface area contributed by atoms with Crippen molar-refractivity contribution >= 4 is 42.5 Å². The molecule has 3 fully saturated rings. The van der Waals surface area contributed by atoms with Gasteiger partial charge in [0.25, 0.3) is 0 Å². The van der Waals surface area contributed by atoms with E-state index in [9.17, 15) is 0 Å². The molecule has 0 N–H and O–H groups in total. The summed E-state index contributed by atoms with van der Waals surface area (Å²) in [5, 5.41) is 0. The molecule has 0 amide bonds. The van der Waals surface area contributed by atoms with Gasteiger partial charge in [0.2, 0.25) is 0 Å². The van der Waals surface area contributed by atoms with Gasteiger partial charge in [0.1, 0.15) is 0 Å². The molecule has 0 aliphatic carbocycles. The maximum absolute atomic E-state index is 6.35. The Morgan fingerprint density at radius 3 is 0.700 bits per heavy atom. The fourth-order valence-electron chi connectivity index (χ4n) is 11.7. The second kappa shape index (κ2) is 28.4. The fourth-order valence-corrected chi connectivity index (χ4v) is 12.1. The van der Waals surface area contributed by atoms with E-state index in [0.29, 0.717) is 34.9 Å². The number of rotatable bonds is 12. The van der Waals surface area contributed by atoms with Crippen molar-refractivity contribution in [1.82, 2.24) is 29.9 Å². The van der Waals surface area contributed by atoms with E-state index < -0.39 is 32.3 Å². The highest BCUT2D eigenvalue weighted by Crippen LogP contribution is 2.44. The average molecular weight is 1380 g/mol. The Labute approximate surface area is 597 Å². The molecule has 5 heterocycles. The molecular weight excluding hydrogens is 1300 g/mol. The molecule has 3 aliphatic heterocycles. The van der Waals surface area contributed by atoms with Gasteiger partial charge in [0, 0.05) is 37.9 Å². The molecule has 3 saturated heterocycles. The number of aromatic nitrogens is 6. The van der Waals surface area contributed by atoms with Crippen LogP contribution in [0.25, 0.3) is 113 Å². The average Bonchev–Trinajstić information content (AvgIpc) is 1.58. The third-order valence-electron chi connectivity index (χ3n) is 19.8. The van der Waals surface area contributed by atoms with Crippen LogP contribution in [0.4, 0.5) is 0 Å². The molecule has 498 valence electrons. The van der Waals surface area contributed by atoms with Crippen molar-refractivity contribution in [3.05, 3.63) is 271 Å². The van der Waals surface area contributed by atoms with E-state index in [1.165, 1.54) is 22.3 Å². The van der Waals surface area contributed by atoms with Crippen molar-refractivity contribution in [2.45, 2.75) is 117 Å². The zero-order valence-electron chi connectivity index (χ0n) is 58.6. The van der Waals surface area contributed by atoms with Gasteiger partial charge in [-0.15, -0.1) is 0 Å². The molecule has 0 spiro atoms. The third-order valence-corrected chi connectivity index (χ3v) is 20.3. The second-order valence-corrected chi connectivity index (χ2v) is 29.3. The predicted octanol–water partition coefficient (Wildman–Crippen LogP) is 19.7. The van der Waals surface area contributed by atoms with Crippen LogP contribution < -0.4 is 5.46 Å². The molecule has 0 atom stereocenters. The highest BCUT2D eigenvalue weighted by atomic mass is 79.9. The first-order valence-electron chi connectivity index (χ1n) is 34.0. The molecule has 0 bridgehead atoms.